The number of nitrogens with one attached hydrogen (secondary N) is 1. The van der Waals surface area contributed by atoms with Crippen molar-refractivity contribution in [3.63, 3.8) is 0 Å². The molecule has 3 heteroatoms. The molecule has 0 heterocycles. The molecule has 0 bridgehead atoms. The molecule has 0 radical (unpaired) electrons. The van der Waals surface area contributed by atoms with Crippen molar-refractivity contribution in [3.8, 4) is 0 Å². The molecule has 0 aromatic heterocycles. The molecule has 1 aliphatic carbocycles. The minimum atomic E-state index is -0.246. The van der Waals surface area contributed by atoms with E-state index in [0.29, 0.717) is 11.8 Å². The van der Waals surface area contributed by atoms with Gasteiger partial charge in [0.25, 0.3) is 0 Å². The first-order valence-corrected chi connectivity index (χ1v) is 6.69. The van der Waals surface area contributed by atoms with Gasteiger partial charge < -0.3 is 10.4 Å². The maximum Gasteiger partial charge on any atom is 0.123 e. The zero-order valence-corrected chi connectivity index (χ0v) is 11.1. The number of hydrogen-bond acceptors (Lipinski definition) is 2. The lowest BCUT2D eigenvalue weighted by molar-refractivity contribution is 0.121. The standard InChI is InChI=1S/C15H22FNO/c1-11-7-8-15(10-18,9-12(11)2)17-14-5-3-13(16)4-6-14/h3-6,11-12,17-18H,7-10H2,1-2H3. The fourth-order valence-corrected chi connectivity index (χ4v) is 2.84. The highest BCUT2D eigenvalue weighted by Gasteiger charge is 2.37. The second-order valence-electron chi connectivity index (χ2n) is 5.77. The summed E-state index contributed by atoms with van der Waals surface area (Å²) in [5.74, 6) is 1.07. The van der Waals surface area contributed by atoms with Crippen molar-refractivity contribution in [3.05, 3.63) is 30.1 Å². The molecule has 1 aromatic carbocycles. The number of rotatable bonds is 3. The minimum absolute atomic E-state index is 0.126. The first kappa shape index (κ1) is 13.3. The van der Waals surface area contributed by atoms with Crippen LogP contribution in [0.4, 0.5) is 10.1 Å². The second-order valence-corrected chi connectivity index (χ2v) is 5.77. The Balaban J connectivity index is 2.11. The monoisotopic (exact) mass is 251 g/mol. The summed E-state index contributed by atoms with van der Waals surface area (Å²) in [6.45, 7) is 4.63. The summed E-state index contributed by atoms with van der Waals surface area (Å²) >= 11 is 0. The molecule has 0 saturated heterocycles. The zero-order chi connectivity index (χ0) is 13.2. The fourth-order valence-electron chi connectivity index (χ4n) is 2.84. The van der Waals surface area contributed by atoms with Crippen LogP contribution in [0.25, 0.3) is 0 Å². The highest BCUT2D eigenvalue weighted by Crippen LogP contribution is 2.38. The van der Waals surface area contributed by atoms with Crippen molar-refractivity contribution in [2.75, 3.05) is 11.9 Å². The van der Waals surface area contributed by atoms with Crippen molar-refractivity contribution < 1.29 is 9.50 Å². The van der Waals surface area contributed by atoms with Gasteiger partial charge in [-0.3, -0.25) is 0 Å². The average Bonchev–Trinajstić information content (AvgIpc) is 2.37. The molecule has 2 N–H and O–H groups in total. The number of aliphatic hydroxyl groups excluding tert-OH is 1. The summed E-state index contributed by atoms with van der Waals surface area (Å²) in [5.41, 5.74) is 0.635. The third-order valence-corrected chi connectivity index (χ3v) is 4.32. The van der Waals surface area contributed by atoms with E-state index in [1.54, 1.807) is 12.1 Å². The lowest BCUT2D eigenvalue weighted by atomic mass is 9.71. The van der Waals surface area contributed by atoms with Crippen LogP contribution in [0.2, 0.25) is 0 Å². The molecule has 3 unspecified atom stereocenters. The predicted octanol–water partition coefficient (Wildman–Crippen LogP) is 3.42. The SMILES string of the molecule is CC1CCC(CO)(Nc2ccc(F)cc2)CC1C. The van der Waals surface area contributed by atoms with E-state index in [9.17, 15) is 9.50 Å². The van der Waals surface area contributed by atoms with Crippen LogP contribution >= 0.6 is 0 Å². The van der Waals surface area contributed by atoms with Gasteiger partial charge in [-0.2, -0.15) is 0 Å². The quantitative estimate of drug-likeness (QED) is 0.862. The molecular weight excluding hydrogens is 229 g/mol. The zero-order valence-electron chi connectivity index (χ0n) is 11.1. The molecule has 1 fully saturated rings. The normalized spacial score (nSPS) is 32.2. The Morgan fingerprint density at radius 3 is 2.50 bits per heavy atom. The highest BCUT2D eigenvalue weighted by molar-refractivity contribution is 5.45. The van der Waals surface area contributed by atoms with Crippen LogP contribution in [-0.2, 0) is 0 Å². The first-order valence-electron chi connectivity index (χ1n) is 6.69. The predicted molar refractivity (Wildman–Crippen MR) is 72.0 cm³/mol. The van der Waals surface area contributed by atoms with Crippen molar-refractivity contribution in [2.24, 2.45) is 11.8 Å². The van der Waals surface area contributed by atoms with Gasteiger partial charge in [0, 0.05) is 5.69 Å². The fraction of sp³-hybridized carbons (Fsp3) is 0.600. The Hall–Kier alpha value is -1.09. The molecule has 18 heavy (non-hydrogen) atoms. The molecule has 0 spiro atoms. The Morgan fingerprint density at radius 2 is 1.94 bits per heavy atom. The molecule has 0 amide bonds. The van der Waals surface area contributed by atoms with E-state index in [2.05, 4.69) is 19.2 Å². The Labute approximate surface area is 108 Å². The van der Waals surface area contributed by atoms with Crippen LogP contribution in [0.5, 0.6) is 0 Å². The molecule has 100 valence electrons. The number of aliphatic hydroxyl groups is 1. The van der Waals surface area contributed by atoms with E-state index in [4.69, 9.17) is 0 Å². The molecule has 0 aliphatic heterocycles. The topological polar surface area (TPSA) is 32.3 Å². The summed E-state index contributed by atoms with van der Waals surface area (Å²) in [7, 11) is 0. The second kappa shape index (κ2) is 5.27. The average molecular weight is 251 g/mol. The van der Waals surface area contributed by atoms with Gasteiger partial charge in [0.2, 0.25) is 0 Å². The molecule has 3 atom stereocenters. The van der Waals surface area contributed by atoms with E-state index in [-0.39, 0.29) is 18.0 Å². The van der Waals surface area contributed by atoms with Crippen LogP contribution < -0.4 is 5.32 Å². The Kier molecular flexibility index (Phi) is 3.91. The molecule has 1 aromatic rings. The van der Waals surface area contributed by atoms with E-state index in [1.807, 2.05) is 0 Å². The number of halogens is 1. The van der Waals surface area contributed by atoms with Crippen LogP contribution in [-0.4, -0.2) is 17.3 Å². The summed E-state index contributed by atoms with van der Waals surface area (Å²) < 4.78 is 12.9. The van der Waals surface area contributed by atoms with Gasteiger partial charge in [0.1, 0.15) is 5.82 Å². The largest absolute Gasteiger partial charge is 0.394 e. The molecule has 1 aliphatic rings. The third kappa shape index (κ3) is 2.83. The summed E-state index contributed by atoms with van der Waals surface area (Å²) in [6.07, 6.45) is 3.05. The maximum absolute atomic E-state index is 12.9. The van der Waals surface area contributed by atoms with Crippen LogP contribution in [0.3, 0.4) is 0 Å². The maximum atomic E-state index is 12.9. The van der Waals surface area contributed by atoms with E-state index in [0.717, 1.165) is 24.9 Å². The van der Waals surface area contributed by atoms with Gasteiger partial charge in [-0.05, 0) is 55.4 Å². The van der Waals surface area contributed by atoms with Gasteiger partial charge in [-0.15, -0.1) is 0 Å². The van der Waals surface area contributed by atoms with Crippen molar-refractivity contribution in [1.29, 1.82) is 0 Å². The van der Waals surface area contributed by atoms with Gasteiger partial charge >= 0.3 is 0 Å². The van der Waals surface area contributed by atoms with Crippen molar-refractivity contribution >= 4 is 5.69 Å². The van der Waals surface area contributed by atoms with E-state index >= 15 is 0 Å². The summed E-state index contributed by atoms with van der Waals surface area (Å²) in [6, 6.07) is 6.36. The molecule has 2 nitrogen and oxygen atoms in total. The third-order valence-electron chi connectivity index (χ3n) is 4.32. The lowest BCUT2D eigenvalue weighted by Crippen LogP contribution is -2.47. The number of anilines is 1. The highest BCUT2D eigenvalue weighted by atomic mass is 19.1. The summed E-state index contributed by atoms with van der Waals surface area (Å²) in [4.78, 5) is 0. The number of hydrogen-bond donors (Lipinski definition) is 2. The Bertz CT molecular complexity index is 392. The lowest BCUT2D eigenvalue weighted by Gasteiger charge is -2.43. The van der Waals surface area contributed by atoms with Crippen molar-refractivity contribution in [1.82, 2.24) is 0 Å². The van der Waals surface area contributed by atoms with Gasteiger partial charge in [-0.25, -0.2) is 4.39 Å². The molecular formula is C15H22FNO. The first-order chi connectivity index (χ1) is 8.54. The van der Waals surface area contributed by atoms with Gasteiger partial charge in [0.15, 0.2) is 0 Å². The van der Waals surface area contributed by atoms with Crippen LogP contribution in [0.1, 0.15) is 33.1 Å². The van der Waals surface area contributed by atoms with Gasteiger partial charge in [0.05, 0.1) is 12.1 Å². The van der Waals surface area contributed by atoms with Gasteiger partial charge in [-0.1, -0.05) is 13.8 Å². The summed E-state index contributed by atoms with van der Waals surface area (Å²) in [5, 5.41) is 13.1. The van der Waals surface area contributed by atoms with Crippen molar-refractivity contribution in [2.45, 2.75) is 38.6 Å². The minimum Gasteiger partial charge on any atom is -0.394 e. The number of benzene rings is 1. The van der Waals surface area contributed by atoms with Crippen LogP contribution in [0, 0.1) is 17.7 Å². The van der Waals surface area contributed by atoms with E-state index in [1.165, 1.54) is 12.1 Å². The van der Waals surface area contributed by atoms with Crippen LogP contribution in [0.15, 0.2) is 24.3 Å². The molecule has 1 saturated carbocycles. The Morgan fingerprint density at radius 1 is 1.28 bits per heavy atom. The molecule has 2 rings (SSSR count). The smallest absolute Gasteiger partial charge is 0.123 e. The van der Waals surface area contributed by atoms with E-state index < -0.39 is 0 Å².